The summed E-state index contributed by atoms with van der Waals surface area (Å²) in [7, 11) is -2.59. The second-order valence-corrected chi connectivity index (χ2v) is 14.0. The Hall–Kier alpha value is -3.74. The molecule has 6 heterocycles. The number of alkyl halides is 1. The number of aromatic hydroxyl groups is 1. The van der Waals surface area contributed by atoms with Gasteiger partial charge in [-0.25, -0.2) is 13.2 Å². The Labute approximate surface area is 281 Å². The van der Waals surface area contributed by atoms with Crippen molar-refractivity contribution in [2.24, 2.45) is 0 Å². The number of rotatable bonds is 8. The van der Waals surface area contributed by atoms with Crippen molar-refractivity contribution in [1.82, 2.24) is 25.2 Å². The zero-order valence-electron chi connectivity index (χ0n) is 30.0. The van der Waals surface area contributed by atoms with E-state index in [1.165, 1.54) is 24.4 Å². The van der Waals surface area contributed by atoms with E-state index in [2.05, 4.69) is 20.2 Å². The maximum atomic E-state index is 17.1. The second kappa shape index (κ2) is 11.7. The summed E-state index contributed by atoms with van der Waals surface area (Å²) in [4.78, 5) is 18.1. The van der Waals surface area contributed by atoms with Crippen LogP contribution in [0.2, 0.25) is 0 Å². The van der Waals surface area contributed by atoms with Crippen LogP contribution in [0.3, 0.4) is 0 Å². The van der Waals surface area contributed by atoms with E-state index in [4.69, 9.17) is 18.6 Å². The standard InChI is InChI=1S/C36H41F3N6O3/c1-4-25-28(38)7-6-21-12-24(46)13-26(29(21)25)31-30(39)32-27(15-40-31)33(44-17-23-8-10-36(18-44,43-23)20(2)47-3)42-34(41-32)48-19-35-9-5-11-45(35)16-22(37)14-35/h6-7,12-13,15,20,22-23,43,46H,4-5,8-11,14,16-19H2,1-3H3/t20?,22-,23+,35+,36-/m1/s1/i3D3. The Bertz CT molecular complexity index is 2020. The van der Waals surface area contributed by atoms with E-state index in [0.29, 0.717) is 66.4 Å². The highest BCUT2D eigenvalue weighted by atomic mass is 19.1. The van der Waals surface area contributed by atoms with Crippen molar-refractivity contribution in [2.45, 2.75) is 81.8 Å². The number of hydrogen-bond acceptors (Lipinski definition) is 9. The molecule has 4 fully saturated rings. The number of methoxy groups -OCH3 is 1. The molecule has 4 aromatic rings. The van der Waals surface area contributed by atoms with Crippen LogP contribution in [-0.2, 0) is 11.2 Å². The quantitative estimate of drug-likeness (QED) is 0.246. The zero-order valence-corrected chi connectivity index (χ0v) is 27.0. The number of anilines is 1. The molecule has 2 aromatic heterocycles. The van der Waals surface area contributed by atoms with E-state index in [1.807, 2.05) is 4.90 Å². The minimum Gasteiger partial charge on any atom is -0.508 e. The van der Waals surface area contributed by atoms with E-state index in [9.17, 15) is 9.50 Å². The Morgan fingerprint density at radius 2 is 2.08 bits per heavy atom. The molecule has 2 aromatic carbocycles. The van der Waals surface area contributed by atoms with Gasteiger partial charge in [0.15, 0.2) is 5.82 Å². The monoisotopic (exact) mass is 665 g/mol. The van der Waals surface area contributed by atoms with Gasteiger partial charge in [0, 0.05) is 50.9 Å². The third kappa shape index (κ3) is 4.97. The highest BCUT2D eigenvalue weighted by Gasteiger charge is 2.50. The minimum absolute atomic E-state index is 0.0141. The first-order valence-electron chi connectivity index (χ1n) is 18.3. The summed E-state index contributed by atoms with van der Waals surface area (Å²) in [5.74, 6) is -1.00. The number of nitrogens with one attached hydrogen (secondary N) is 1. The summed E-state index contributed by atoms with van der Waals surface area (Å²) in [6.45, 7) is 5.60. The van der Waals surface area contributed by atoms with Gasteiger partial charge < -0.3 is 24.8 Å². The molecule has 1 unspecified atom stereocenters. The summed E-state index contributed by atoms with van der Waals surface area (Å²) in [6.07, 6.45) is 3.62. The van der Waals surface area contributed by atoms with E-state index in [-0.39, 0.29) is 41.2 Å². The number of pyridine rings is 1. The van der Waals surface area contributed by atoms with E-state index in [0.717, 1.165) is 25.8 Å². The van der Waals surface area contributed by atoms with Crippen LogP contribution in [0.15, 0.2) is 30.5 Å². The Balaban J connectivity index is 1.26. The van der Waals surface area contributed by atoms with Crippen molar-refractivity contribution in [2.75, 3.05) is 44.7 Å². The number of halogens is 3. The molecule has 0 aliphatic carbocycles. The highest BCUT2D eigenvalue weighted by Crippen LogP contribution is 2.43. The molecular weight excluding hydrogens is 621 g/mol. The maximum absolute atomic E-state index is 17.1. The van der Waals surface area contributed by atoms with Crippen molar-refractivity contribution in [3.05, 3.63) is 47.7 Å². The van der Waals surface area contributed by atoms with Gasteiger partial charge in [-0.1, -0.05) is 13.0 Å². The SMILES string of the molecule is [2H]C([2H])([2H])OC(C)[C@@]12CC[C@@H](CN(c3nc(OC[C@@]45CCCN4C[C@H](F)C5)nc4c(F)c(-c5cc(O)cc6ccc(F)c(CC)c56)ncc34)C1)N2. The molecule has 0 spiro atoms. The smallest absolute Gasteiger partial charge is 0.319 e. The van der Waals surface area contributed by atoms with Gasteiger partial charge in [0.2, 0.25) is 0 Å². The molecule has 8 rings (SSSR count). The average Bonchev–Trinajstić information content (AvgIpc) is 3.71. The maximum Gasteiger partial charge on any atom is 0.319 e. The molecule has 0 radical (unpaired) electrons. The lowest BCUT2D eigenvalue weighted by atomic mass is 9.90. The molecule has 4 saturated heterocycles. The number of phenols is 1. The Kier molecular flexibility index (Phi) is 6.86. The molecule has 2 N–H and O–H groups in total. The normalized spacial score (nSPS) is 28.9. The second-order valence-electron chi connectivity index (χ2n) is 14.0. The average molecular weight is 666 g/mol. The largest absolute Gasteiger partial charge is 0.508 e. The molecule has 4 aliphatic rings. The van der Waals surface area contributed by atoms with Crippen molar-refractivity contribution >= 4 is 27.5 Å². The van der Waals surface area contributed by atoms with Gasteiger partial charge in [-0.3, -0.25) is 9.88 Å². The topological polar surface area (TPSA) is 95.9 Å². The first-order chi connectivity index (χ1) is 24.3. The van der Waals surface area contributed by atoms with Crippen LogP contribution < -0.4 is 15.0 Å². The van der Waals surface area contributed by atoms with Crippen LogP contribution in [-0.4, -0.2) is 94.2 Å². The number of hydrogen-bond donors (Lipinski definition) is 2. The van der Waals surface area contributed by atoms with Crippen molar-refractivity contribution in [3.8, 4) is 23.0 Å². The van der Waals surface area contributed by atoms with Gasteiger partial charge in [-0.15, -0.1) is 0 Å². The molecule has 48 heavy (non-hydrogen) atoms. The van der Waals surface area contributed by atoms with Crippen LogP contribution in [0.5, 0.6) is 11.8 Å². The third-order valence-corrected chi connectivity index (χ3v) is 11.2. The van der Waals surface area contributed by atoms with E-state index >= 15 is 8.78 Å². The van der Waals surface area contributed by atoms with Gasteiger partial charge in [-0.2, -0.15) is 9.97 Å². The fourth-order valence-corrected chi connectivity index (χ4v) is 8.83. The number of fused-ring (bicyclic) bond motifs is 5. The fraction of sp³-hybridized carbons (Fsp3) is 0.528. The molecule has 4 aliphatic heterocycles. The molecule has 0 amide bonds. The predicted octanol–water partition coefficient (Wildman–Crippen LogP) is 5.69. The fourth-order valence-electron chi connectivity index (χ4n) is 8.83. The summed E-state index contributed by atoms with van der Waals surface area (Å²) < 4.78 is 81.7. The number of phenolic OH excluding ortho intramolecular Hbond substituents is 1. The number of piperazine rings is 1. The summed E-state index contributed by atoms with van der Waals surface area (Å²) >= 11 is 0. The third-order valence-electron chi connectivity index (χ3n) is 11.2. The van der Waals surface area contributed by atoms with Crippen LogP contribution in [0.1, 0.15) is 55.6 Å². The number of benzene rings is 2. The van der Waals surface area contributed by atoms with Crippen LogP contribution in [0.4, 0.5) is 19.0 Å². The summed E-state index contributed by atoms with van der Waals surface area (Å²) in [5.41, 5.74) is -0.818. The molecule has 254 valence electrons. The van der Waals surface area contributed by atoms with Crippen molar-refractivity contribution in [1.29, 1.82) is 0 Å². The number of nitrogens with zero attached hydrogens (tertiary/aromatic N) is 5. The first-order valence-corrected chi connectivity index (χ1v) is 16.8. The molecule has 5 atom stereocenters. The summed E-state index contributed by atoms with van der Waals surface area (Å²) in [5, 5.41) is 15.5. The molecule has 0 saturated carbocycles. The lowest BCUT2D eigenvalue weighted by Crippen LogP contribution is -2.64. The van der Waals surface area contributed by atoms with E-state index in [1.54, 1.807) is 19.9 Å². The Morgan fingerprint density at radius 1 is 1.21 bits per heavy atom. The first kappa shape index (κ1) is 28.1. The van der Waals surface area contributed by atoms with Crippen LogP contribution in [0.25, 0.3) is 32.9 Å². The van der Waals surface area contributed by atoms with Gasteiger partial charge in [0.1, 0.15) is 41.4 Å². The predicted molar refractivity (Wildman–Crippen MR) is 177 cm³/mol. The van der Waals surface area contributed by atoms with Crippen LogP contribution >= 0.6 is 0 Å². The van der Waals surface area contributed by atoms with Crippen molar-refractivity contribution < 1.29 is 31.9 Å². The summed E-state index contributed by atoms with van der Waals surface area (Å²) in [6, 6.07) is 5.66. The molecule has 9 nitrogen and oxygen atoms in total. The molecular formula is C36H41F3N6O3. The number of aryl methyl sites for hydroxylation is 1. The Morgan fingerprint density at radius 3 is 2.92 bits per heavy atom. The lowest BCUT2D eigenvalue weighted by molar-refractivity contribution is 0.0350. The van der Waals surface area contributed by atoms with Crippen LogP contribution in [0, 0.1) is 11.6 Å². The van der Waals surface area contributed by atoms with Gasteiger partial charge in [0.25, 0.3) is 0 Å². The number of aromatic nitrogens is 3. The minimum atomic E-state index is -2.59. The molecule has 2 bridgehead atoms. The molecule has 12 heteroatoms. The van der Waals surface area contributed by atoms with Gasteiger partial charge >= 0.3 is 6.01 Å². The van der Waals surface area contributed by atoms with Gasteiger partial charge in [0.05, 0.1) is 26.7 Å². The highest BCUT2D eigenvalue weighted by molar-refractivity contribution is 6.01. The van der Waals surface area contributed by atoms with Gasteiger partial charge in [-0.05, 0) is 80.1 Å². The van der Waals surface area contributed by atoms with Crippen molar-refractivity contribution in [3.63, 3.8) is 0 Å². The van der Waals surface area contributed by atoms with E-state index < -0.39 is 42.0 Å². The number of ether oxygens (including phenoxy) is 2. The zero-order chi connectivity index (χ0) is 35.9. The lowest BCUT2D eigenvalue weighted by Gasteiger charge is -2.44.